The number of esters is 1. The molecule has 82 valence electrons. The lowest BCUT2D eigenvalue weighted by Gasteiger charge is -2.24. The van der Waals surface area contributed by atoms with E-state index in [1.165, 1.54) is 0 Å². The quantitative estimate of drug-likeness (QED) is 0.628. The van der Waals surface area contributed by atoms with Crippen LogP contribution in [-0.4, -0.2) is 30.7 Å². The fraction of sp³-hybridized carbons (Fsp3) is 0.900. The number of carbonyl (C=O) groups is 1. The Labute approximate surface area is 85.2 Å². The number of rotatable bonds is 2. The molecule has 0 aromatic carbocycles. The van der Waals surface area contributed by atoms with Crippen LogP contribution in [0.3, 0.4) is 0 Å². The molecule has 0 spiro atoms. The van der Waals surface area contributed by atoms with Crippen LogP contribution in [-0.2, 0) is 9.53 Å². The normalized spacial score (nSPS) is 24.7. The van der Waals surface area contributed by atoms with Crippen LogP contribution < -0.4 is 11.1 Å². The van der Waals surface area contributed by atoms with E-state index in [1.807, 2.05) is 20.8 Å². The van der Waals surface area contributed by atoms with Gasteiger partial charge in [-0.1, -0.05) is 0 Å². The van der Waals surface area contributed by atoms with Crippen LogP contribution in [0.1, 0.15) is 27.2 Å². The topological polar surface area (TPSA) is 64.3 Å². The molecule has 0 aromatic rings. The van der Waals surface area contributed by atoms with Gasteiger partial charge >= 0.3 is 5.97 Å². The Bertz CT molecular complexity index is 205. The van der Waals surface area contributed by atoms with Gasteiger partial charge in [-0.3, -0.25) is 4.79 Å². The number of ether oxygens (including phenoxy) is 1. The van der Waals surface area contributed by atoms with Gasteiger partial charge in [-0.15, -0.1) is 0 Å². The van der Waals surface area contributed by atoms with Gasteiger partial charge in [0.15, 0.2) is 0 Å². The predicted octanol–water partition coefficient (Wildman–Crippen LogP) is 0.265. The van der Waals surface area contributed by atoms with Crippen LogP contribution in [0.2, 0.25) is 0 Å². The van der Waals surface area contributed by atoms with E-state index in [4.69, 9.17) is 10.5 Å². The van der Waals surface area contributed by atoms with E-state index >= 15 is 0 Å². The van der Waals surface area contributed by atoms with Crippen molar-refractivity contribution in [3.05, 3.63) is 0 Å². The second kappa shape index (κ2) is 4.28. The van der Waals surface area contributed by atoms with Crippen LogP contribution in [0.15, 0.2) is 0 Å². The number of nitrogens with one attached hydrogen (secondary N) is 1. The molecule has 1 saturated heterocycles. The van der Waals surface area contributed by atoms with Gasteiger partial charge in [0.1, 0.15) is 11.6 Å². The first kappa shape index (κ1) is 11.5. The maximum atomic E-state index is 11.6. The highest BCUT2D eigenvalue weighted by Gasteiger charge is 2.30. The van der Waals surface area contributed by atoms with Crippen molar-refractivity contribution >= 4 is 5.97 Å². The summed E-state index contributed by atoms with van der Waals surface area (Å²) in [5, 5.41) is 3.18. The molecule has 0 aliphatic carbocycles. The highest BCUT2D eigenvalue weighted by molar-refractivity contribution is 5.76. The summed E-state index contributed by atoms with van der Waals surface area (Å²) in [5.41, 5.74) is 5.37. The van der Waals surface area contributed by atoms with E-state index in [9.17, 15) is 4.79 Å². The molecule has 1 aliphatic rings. The second-order valence-corrected chi connectivity index (χ2v) is 4.81. The monoisotopic (exact) mass is 200 g/mol. The van der Waals surface area contributed by atoms with E-state index in [0.29, 0.717) is 0 Å². The van der Waals surface area contributed by atoms with Crippen molar-refractivity contribution in [2.75, 3.05) is 13.1 Å². The Balaban J connectivity index is 2.43. The highest BCUT2D eigenvalue weighted by atomic mass is 16.6. The Hall–Kier alpha value is -0.610. The largest absolute Gasteiger partial charge is 0.459 e. The predicted molar refractivity (Wildman–Crippen MR) is 54.8 cm³/mol. The summed E-state index contributed by atoms with van der Waals surface area (Å²) in [6, 6.07) is -0.482. The summed E-state index contributed by atoms with van der Waals surface area (Å²) in [7, 11) is 0. The maximum absolute atomic E-state index is 11.6. The van der Waals surface area contributed by atoms with Gasteiger partial charge < -0.3 is 15.8 Å². The van der Waals surface area contributed by atoms with E-state index < -0.39 is 11.6 Å². The zero-order chi connectivity index (χ0) is 10.8. The van der Waals surface area contributed by atoms with Crippen molar-refractivity contribution < 1.29 is 9.53 Å². The van der Waals surface area contributed by atoms with Gasteiger partial charge in [0.2, 0.25) is 0 Å². The molecule has 1 fully saturated rings. The maximum Gasteiger partial charge on any atom is 0.323 e. The molecule has 0 saturated carbocycles. The molecular weight excluding hydrogens is 180 g/mol. The third-order valence-corrected chi connectivity index (χ3v) is 2.29. The molecule has 0 radical (unpaired) electrons. The van der Waals surface area contributed by atoms with Crippen LogP contribution in [0.4, 0.5) is 0 Å². The molecular formula is C10H20N2O2. The Morgan fingerprint density at radius 3 is 2.64 bits per heavy atom. The molecule has 4 nitrogen and oxygen atoms in total. The standard InChI is InChI=1S/C10H20N2O2/c1-10(2,3)14-9(13)8(11)7-4-5-12-6-7/h7-8,12H,4-6,11H2,1-3H3/t7-,8?/m1/s1. The molecule has 1 rings (SSSR count). The van der Waals surface area contributed by atoms with Gasteiger partial charge in [0.25, 0.3) is 0 Å². The zero-order valence-corrected chi connectivity index (χ0v) is 9.17. The first-order valence-corrected chi connectivity index (χ1v) is 5.09. The molecule has 2 atom stereocenters. The molecule has 14 heavy (non-hydrogen) atoms. The summed E-state index contributed by atoms with van der Waals surface area (Å²) in [4.78, 5) is 11.6. The fourth-order valence-electron chi connectivity index (χ4n) is 1.55. The lowest BCUT2D eigenvalue weighted by atomic mass is 10.00. The highest BCUT2D eigenvalue weighted by Crippen LogP contribution is 2.15. The van der Waals surface area contributed by atoms with Crippen molar-refractivity contribution in [3.63, 3.8) is 0 Å². The molecule has 1 unspecified atom stereocenters. The SMILES string of the molecule is CC(C)(C)OC(=O)C(N)[C@@H]1CCNC1. The van der Waals surface area contributed by atoms with Crippen molar-refractivity contribution in [2.24, 2.45) is 11.7 Å². The lowest BCUT2D eigenvalue weighted by molar-refractivity contribution is -0.157. The molecule has 0 aromatic heterocycles. The smallest absolute Gasteiger partial charge is 0.323 e. The van der Waals surface area contributed by atoms with Gasteiger partial charge in [-0.05, 0) is 39.7 Å². The average molecular weight is 200 g/mol. The van der Waals surface area contributed by atoms with Crippen LogP contribution in [0.25, 0.3) is 0 Å². The first-order valence-electron chi connectivity index (χ1n) is 5.09. The fourth-order valence-corrected chi connectivity index (χ4v) is 1.55. The minimum Gasteiger partial charge on any atom is -0.459 e. The number of hydrogen-bond acceptors (Lipinski definition) is 4. The molecule has 4 heteroatoms. The number of carbonyl (C=O) groups excluding carboxylic acids is 1. The molecule has 3 N–H and O–H groups in total. The molecule has 1 aliphatic heterocycles. The van der Waals surface area contributed by atoms with E-state index in [1.54, 1.807) is 0 Å². The molecule has 0 amide bonds. The Morgan fingerprint density at radius 1 is 1.57 bits per heavy atom. The third kappa shape index (κ3) is 3.27. The van der Waals surface area contributed by atoms with Crippen molar-refractivity contribution in [3.8, 4) is 0 Å². The second-order valence-electron chi connectivity index (χ2n) is 4.81. The summed E-state index contributed by atoms with van der Waals surface area (Å²) < 4.78 is 5.22. The van der Waals surface area contributed by atoms with Crippen LogP contribution in [0.5, 0.6) is 0 Å². The van der Waals surface area contributed by atoms with Crippen molar-refractivity contribution in [1.82, 2.24) is 5.32 Å². The Morgan fingerprint density at radius 2 is 2.21 bits per heavy atom. The van der Waals surface area contributed by atoms with Gasteiger partial charge in [0.05, 0.1) is 0 Å². The van der Waals surface area contributed by atoms with E-state index in [0.717, 1.165) is 19.5 Å². The van der Waals surface area contributed by atoms with Gasteiger partial charge in [0, 0.05) is 6.54 Å². The van der Waals surface area contributed by atoms with Gasteiger partial charge in [-0.2, -0.15) is 0 Å². The Kier molecular flexibility index (Phi) is 3.50. The summed E-state index contributed by atoms with van der Waals surface area (Å²) in [6.07, 6.45) is 0.959. The van der Waals surface area contributed by atoms with Crippen LogP contribution in [0, 0.1) is 5.92 Å². The minimum atomic E-state index is -0.482. The van der Waals surface area contributed by atoms with E-state index in [2.05, 4.69) is 5.32 Å². The lowest BCUT2D eigenvalue weighted by Crippen LogP contribution is -2.43. The summed E-state index contributed by atoms with van der Waals surface area (Å²) >= 11 is 0. The average Bonchev–Trinajstić information content (AvgIpc) is 2.51. The van der Waals surface area contributed by atoms with E-state index in [-0.39, 0.29) is 11.9 Å². The molecule has 1 heterocycles. The first-order chi connectivity index (χ1) is 6.40. The number of nitrogens with two attached hydrogens (primary N) is 1. The summed E-state index contributed by atoms with van der Waals surface area (Å²) in [5.74, 6) is -0.0592. The van der Waals surface area contributed by atoms with Crippen molar-refractivity contribution in [1.29, 1.82) is 0 Å². The number of hydrogen-bond donors (Lipinski definition) is 2. The third-order valence-electron chi connectivity index (χ3n) is 2.29. The minimum absolute atomic E-state index is 0.227. The molecule has 0 bridgehead atoms. The van der Waals surface area contributed by atoms with Gasteiger partial charge in [-0.25, -0.2) is 0 Å². The zero-order valence-electron chi connectivity index (χ0n) is 9.17. The van der Waals surface area contributed by atoms with Crippen molar-refractivity contribution in [2.45, 2.75) is 38.8 Å². The summed E-state index contributed by atoms with van der Waals surface area (Å²) in [6.45, 7) is 7.32. The van der Waals surface area contributed by atoms with Crippen LogP contribution >= 0.6 is 0 Å².